The van der Waals surface area contributed by atoms with E-state index in [2.05, 4.69) is 21.3 Å². The fourth-order valence-electron chi connectivity index (χ4n) is 5.02. The van der Waals surface area contributed by atoms with Gasteiger partial charge in [-0.3, -0.25) is 38.4 Å². The van der Waals surface area contributed by atoms with E-state index in [0.717, 1.165) is 4.90 Å². The zero-order chi connectivity index (χ0) is 37.5. The number of aromatic hydroxyl groups is 1. The van der Waals surface area contributed by atoms with Gasteiger partial charge in [-0.1, -0.05) is 12.1 Å². The van der Waals surface area contributed by atoms with Crippen molar-refractivity contribution >= 4 is 53.3 Å². The van der Waals surface area contributed by atoms with E-state index in [-0.39, 0.29) is 50.8 Å². The zero-order valence-corrected chi connectivity index (χ0v) is 27.0. The number of primary amides is 2. The van der Waals surface area contributed by atoms with E-state index in [1.807, 2.05) is 0 Å². The lowest BCUT2D eigenvalue weighted by Gasteiger charge is -2.30. The highest BCUT2D eigenvalue weighted by atomic mass is 16.4. The van der Waals surface area contributed by atoms with Crippen molar-refractivity contribution in [3.63, 3.8) is 0 Å². The standard InChI is InChI=1S/C30H42N8O12/c31-17(7-10-25(43)44)26(45)34-14-24(42)35-19(12-15-3-5-16(39)6-4-15)27(46)36-18(8-9-22(32)40)29(48)38-11-1-2-21(38)28(47)37-20(30(49)50)13-23(33)41/h3-6,17-21,39H,1-2,7-14,31H2,(H2,32,40)(H2,33,41)(H,34,45)(H,35,42)(H,36,46)(H,37,47)(H,43,44)(H,49,50)/t17-,18-,19-,20-,21-/m0/s1. The summed E-state index contributed by atoms with van der Waals surface area (Å²) in [5, 5.41) is 37.2. The number of likely N-dealkylation sites (tertiary alicyclic amines) is 1. The summed E-state index contributed by atoms with van der Waals surface area (Å²) < 4.78 is 0. The summed E-state index contributed by atoms with van der Waals surface area (Å²) >= 11 is 0. The number of rotatable bonds is 20. The van der Waals surface area contributed by atoms with E-state index < -0.39 is 96.5 Å². The summed E-state index contributed by atoms with van der Waals surface area (Å²) in [6, 6.07) is -1.30. The predicted molar refractivity (Wildman–Crippen MR) is 170 cm³/mol. The highest BCUT2D eigenvalue weighted by Gasteiger charge is 2.39. The number of phenolic OH excluding ortho intramolecular Hbond substituents is 1. The lowest BCUT2D eigenvalue weighted by atomic mass is 10.0. The Hall–Kier alpha value is -5.79. The van der Waals surface area contributed by atoms with Gasteiger partial charge in [0.05, 0.1) is 19.0 Å². The monoisotopic (exact) mass is 706 g/mol. The smallest absolute Gasteiger partial charge is 0.326 e. The number of benzene rings is 1. The van der Waals surface area contributed by atoms with E-state index in [1.165, 1.54) is 24.3 Å². The minimum Gasteiger partial charge on any atom is -0.508 e. The van der Waals surface area contributed by atoms with Crippen LogP contribution in [0.15, 0.2) is 24.3 Å². The van der Waals surface area contributed by atoms with E-state index >= 15 is 0 Å². The molecular weight excluding hydrogens is 664 g/mol. The average molecular weight is 707 g/mol. The third-order valence-corrected chi connectivity index (χ3v) is 7.61. The molecule has 20 nitrogen and oxygen atoms in total. The van der Waals surface area contributed by atoms with Gasteiger partial charge in [0.1, 0.15) is 29.9 Å². The van der Waals surface area contributed by atoms with Crippen LogP contribution < -0.4 is 38.5 Å². The molecule has 0 unspecified atom stereocenters. The van der Waals surface area contributed by atoms with Gasteiger partial charge >= 0.3 is 11.9 Å². The van der Waals surface area contributed by atoms with E-state index in [0.29, 0.717) is 12.0 Å². The number of carbonyl (C=O) groups excluding carboxylic acids is 7. The summed E-state index contributed by atoms with van der Waals surface area (Å²) in [6.07, 6.45) is -1.70. The Balaban J connectivity index is 2.26. The topological polar surface area (TPSA) is 344 Å². The molecule has 7 amide bonds. The van der Waals surface area contributed by atoms with Crippen LogP contribution in [0, 0.1) is 0 Å². The molecule has 1 fully saturated rings. The quantitative estimate of drug-likeness (QED) is 0.0617. The molecule has 1 heterocycles. The minimum atomic E-state index is -1.66. The lowest BCUT2D eigenvalue weighted by Crippen LogP contribution is -2.58. The Kier molecular flexibility index (Phi) is 15.6. The average Bonchev–Trinajstić information content (AvgIpc) is 3.54. The molecule has 1 aliphatic heterocycles. The number of nitrogens with zero attached hydrogens (tertiary/aromatic N) is 1. The van der Waals surface area contributed by atoms with Crippen LogP contribution in [0.25, 0.3) is 0 Å². The second-order valence-electron chi connectivity index (χ2n) is 11.6. The number of nitrogens with two attached hydrogens (primary N) is 3. The van der Waals surface area contributed by atoms with E-state index in [9.17, 15) is 53.4 Å². The highest BCUT2D eigenvalue weighted by molar-refractivity contribution is 5.96. The minimum absolute atomic E-state index is 0.0232. The molecule has 1 saturated heterocycles. The Bertz CT molecular complexity index is 1450. The van der Waals surface area contributed by atoms with Crippen LogP contribution in [0.2, 0.25) is 0 Å². The van der Waals surface area contributed by atoms with Crippen molar-refractivity contribution in [3.05, 3.63) is 29.8 Å². The van der Waals surface area contributed by atoms with Crippen LogP contribution in [0.5, 0.6) is 5.75 Å². The second kappa shape index (κ2) is 19.3. The van der Waals surface area contributed by atoms with Crippen molar-refractivity contribution in [2.75, 3.05) is 13.1 Å². The molecule has 1 aromatic carbocycles. The molecule has 0 spiro atoms. The fourth-order valence-corrected chi connectivity index (χ4v) is 5.02. The van der Waals surface area contributed by atoms with Gasteiger partial charge in [0.25, 0.3) is 0 Å². The predicted octanol–water partition coefficient (Wildman–Crippen LogP) is -4.09. The third kappa shape index (κ3) is 13.4. The van der Waals surface area contributed by atoms with Gasteiger partial charge in [-0.25, -0.2) is 4.79 Å². The number of phenols is 1. The first-order chi connectivity index (χ1) is 23.5. The van der Waals surface area contributed by atoms with Crippen molar-refractivity contribution in [3.8, 4) is 5.75 Å². The number of hydrogen-bond donors (Lipinski definition) is 10. The van der Waals surface area contributed by atoms with Crippen molar-refractivity contribution < 1.29 is 58.5 Å². The Labute approximate surface area is 285 Å². The van der Waals surface area contributed by atoms with Crippen molar-refractivity contribution in [2.45, 2.75) is 81.6 Å². The summed E-state index contributed by atoms with van der Waals surface area (Å²) in [5.41, 5.74) is 16.5. The second-order valence-corrected chi connectivity index (χ2v) is 11.6. The van der Waals surface area contributed by atoms with Gasteiger partial charge in [-0.15, -0.1) is 0 Å². The van der Waals surface area contributed by atoms with E-state index in [4.69, 9.17) is 22.3 Å². The molecule has 13 N–H and O–H groups in total. The maximum atomic E-state index is 13.8. The summed E-state index contributed by atoms with van der Waals surface area (Å²) in [5.74, 6) is -8.84. The summed E-state index contributed by atoms with van der Waals surface area (Å²) in [4.78, 5) is 112. The number of nitrogens with one attached hydrogen (secondary N) is 4. The van der Waals surface area contributed by atoms with Gasteiger partial charge in [0.15, 0.2) is 0 Å². The largest absolute Gasteiger partial charge is 0.508 e. The molecule has 1 aromatic rings. The summed E-state index contributed by atoms with van der Waals surface area (Å²) in [7, 11) is 0. The normalized spacial score (nSPS) is 16.2. The van der Waals surface area contributed by atoms with Crippen LogP contribution in [0.4, 0.5) is 0 Å². The molecule has 50 heavy (non-hydrogen) atoms. The number of carboxylic acids is 2. The molecule has 0 aliphatic carbocycles. The number of hydrogen-bond acceptors (Lipinski definition) is 11. The van der Waals surface area contributed by atoms with Gasteiger partial charge in [-0.05, 0) is 43.4 Å². The lowest BCUT2D eigenvalue weighted by molar-refractivity contribution is -0.146. The Morgan fingerprint density at radius 1 is 0.820 bits per heavy atom. The van der Waals surface area contributed by atoms with Crippen LogP contribution in [-0.2, 0) is 49.6 Å². The van der Waals surface area contributed by atoms with Gasteiger partial charge < -0.3 is 58.7 Å². The molecule has 0 aromatic heterocycles. The molecular formula is C30H42N8O12. The Morgan fingerprint density at radius 2 is 1.48 bits per heavy atom. The van der Waals surface area contributed by atoms with Gasteiger partial charge in [0, 0.05) is 25.8 Å². The maximum absolute atomic E-state index is 13.8. The number of carboxylic acid groups (broad SMARTS) is 2. The molecule has 0 bridgehead atoms. The third-order valence-electron chi connectivity index (χ3n) is 7.61. The first kappa shape index (κ1) is 40.4. The van der Waals surface area contributed by atoms with Crippen molar-refractivity contribution in [1.82, 2.24) is 26.2 Å². The Morgan fingerprint density at radius 3 is 2.06 bits per heavy atom. The number of aliphatic carboxylic acids is 2. The molecule has 0 radical (unpaired) electrons. The molecule has 0 saturated carbocycles. The summed E-state index contributed by atoms with van der Waals surface area (Å²) in [6.45, 7) is -0.629. The molecule has 5 atom stereocenters. The molecule has 1 aliphatic rings. The van der Waals surface area contributed by atoms with Crippen LogP contribution in [0.3, 0.4) is 0 Å². The van der Waals surface area contributed by atoms with Crippen molar-refractivity contribution in [1.29, 1.82) is 0 Å². The molecule has 20 heteroatoms. The number of amides is 7. The first-order valence-electron chi connectivity index (χ1n) is 15.5. The van der Waals surface area contributed by atoms with Crippen LogP contribution >= 0.6 is 0 Å². The SMILES string of the molecule is NC(=O)CC[C@H](NC(=O)[C@H](Cc1ccc(O)cc1)NC(=O)CNC(=O)[C@@H](N)CCC(=O)O)C(=O)N1CCC[C@H]1C(=O)N[C@@H](CC(N)=O)C(=O)O. The van der Waals surface area contributed by atoms with Gasteiger partial charge in [0.2, 0.25) is 41.4 Å². The molecule has 2 rings (SSSR count). The first-order valence-corrected chi connectivity index (χ1v) is 15.5. The maximum Gasteiger partial charge on any atom is 0.326 e. The molecule has 274 valence electrons. The van der Waals surface area contributed by atoms with Crippen LogP contribution in [0.1, 0.15) is 50.5 Å². The van der Waals surface area contributed by atoms with E-state index in [1.54, 1.807) is 0 Å². The number of carbonyl (C=O) groups is 9. The van der Waals surface area contributed by atoms with Crippen LogP contribution in [-0.4, -0.2) is 117 Å². The highest BCUT2D eigenvalue weighted by Crippen LogP contribution is 2.20. The van der Waals surface area contributed by atoms with Gasteiger partial charge in [-0.2, -0.15) is 0 Å². The fraction of sp³-hybridized carbons (Fsp3) is 0.500. The zero-order valence-electron chi connectivity index (χ0n) is 27.0. The van der Waals surface area contributed by atoms with Crippen molar-refractivity contribution in [2.24, 2.45) is 17.2 Å².